The first kappa shape index (κ1) is 9.92. The maximum Gasteiger partial charge on any atom is 0.349 e. The van der Waals surface area contributed by atoms with E-state index < -0.39 is 22.4 Å². The summed E-state index contributed by atoms with van der Waals surface area (Å²) in [4.78, 5) is 11.4. The maximum atomic E-state index is 11.1. The number of rotatable bonds is 1. The van der Waals surface area contributed by atoms with Crippen LogP contribution in [0.2, 0.25) is 0 Å². The van der Waals surface area contributed by atoms with E-state index in [0.29, 0.717) is 4.48 Å². The summed E-state index contributed by atoms with van der Waals surface area (Å²) < 4.78 is 16.6. The van der Waals surface area contributed by atoms with Crippen molar-refractivity contribution in [1.82, 2.24) is 0 Å². The van der Waals surface area contributed by atoms with Gasteiger partial charge in [0, 0.05) is 6.26 Å². The van der Waals surface area contributed by atoms with Crippen molar-refractivity contribution < 1.29 is 13.7 Å². The Labute approximate surface area is 81.8 Å². The van der Waals surface area contributed by atoms with Gasteiger partial charge >= 0.3 is 5.97 Å². The van der Waals surface area contributed by atoms with Crippen LogP contribution in [0.25, 0.3) is 0 Å². The first-order valence-electron chi connectivity index (χ1n) is 3.33. The Morgan fingerprint density at radius 3 is 2.17 bits per heavy atom. The zero-order chi connectivity index (χ0) is 9.52. The monoisotopic (exact) mass is 252 g/mol. The highest BCUT2D eigenvalue weighted by Crippen LogP contribution is 2.37. The Morgan fingerprint density at radius 2 is 2.00 bits per heavy atom. The maximum absolute atomic E-state index is 11.1. The number of carbonyl (C=O) groups is 1. The molecule has 12 heavy (non-hydrogen) atoms. The van der Waals surface area contributed by atoms with Gasteiger partial charge in [0.05, 0.1) is 15.3 Å². The zero-order valence-electron chi connectivity index (χ0n) is 7.01. The summed E-state index contributed by atoms with van der Waals surface area (Å²) in [5.74, 6) is -0.493. The average Bonchev–Trinajstić information content (AvgIpc) is 2.02. The Morgan fingerprint density at radius 1 is 1.50 bits per heavy atom. The van der Waals surface area contributed by atoms with Gasteiger partial charge in [-0.25, -0.2) is 4.79 Å². The molecule has 0 bridgehead atoms. The van der Waals surface area contributed by atoms with Crippen LogP contribution in [0.4, 0.5) is 0 Å². The molecule has 1 aliphatic rings. The highest BCUT2D eigenvalue weighted by molar-refractivity contribution is 9.12. The minimum atomic E-state index is -1.29. The van der Waals surface area contributed by atoms with Crippen molar-refractivity contribution in [3.63, 3.8) is 0 Å². The van der Waals surface area contributed by atoms with Gasteiger partial charge in [-0.3, -0.25) is 4.21 Å². The number of hydrogen-bond donors (Lipinski definition) is 0. The van der Waals surface area contributed by atoms with Crippen LogP contribution in [0.3, 0.4) is 0 Å². The van der Waals surface area contributed by atoms with Gasteiger partial charge in [-0.15, -0.1) is 0 Å². The van der Waals surface area contributed by atoms with Crippen LogP contribution in [0.5, 0.6) is 0 Å². The lowest BCUT2D eigenvalue weighted by atomic mass is 10.1. The molecule has 0 saturated heterocycles. The molecule has 1 aliphatic heterocycles. The molecule has 68 valence electrons. The van der Waals surface area contributed by atoms with Crippen LogP contribution < -0.4 is 0 Å². The molecule has 1 atom stereocenters. The molecule has 0 aromatic rings. The molecule has 1 unspecified atom stereocenters. The van der Waals surface area contributed by atoms with E-state index in [0.717, 1.165) is 0 Å². The highest BCUT2D eigenvalue weighted by Gasteiger charge is 2.40. The van der Waals surface area contributed by atoms with Crippen molar-refractivity contribution >= 4 is 32.7 Å². The Balaban J connectivity index is 3.20. The average molecular weight is 253 g/mol. The number of halogens is 1. The first-order valence-corrected chi connectivity index (χ1v) is 5.68. The van der Waals surface area contributed by atoms with Crippen molar-refractivity contribution in [2.24, 2.45) is 0 Å². The summed E-state index contributed by atoms with van der Waals surface area (Å²) in [6, 6.07) is 0. The van der Waals surface area contributed by atoms with Gasteiger partial charge in [-0.05, 0) is 29.8 Å². The fraction of sp³-hybridized carbons (Fsp3) is 0.571. The standard InChI is InChI=1S/C7H9BrO3S/c1-7(2)5(8)4(12(3)10)6(9)11-7/h1-3H3. The topological polar surface area (TPSA) is 43.4 Å². The number of cyclic esters (lactones) is 1. The van der Waals surface area contributed by atoms with Gasteiger partial charge in [-0.2, -0.15) is 0 Å². The minimum Gasteiger partial charge on any atom is -0.450 e. The second-order valence-corrected chi connectivity index (χ2v) is 5.11. The quantitative estimate of drug-likeness (QED) is 0.662. The molecule has 0 saturated carbocycles. The molecule has 0 aliphatic carbocycles. The fourth-order valence-electron chi connectivity index (χ4n) is 0.929. The predicted molar refractivity (Wildman–Crippen MR) is 50.2 cm³/mol. The smallest absolute Gasteiger partial charge is 0.349 e. The van der Waals surface area contributed by atoms with Crippen LogP contribution in [0, 0.1) is 0 Å². The summed E-state index contributed by atoms with van der Waals surface area (Å²) in [7, 11) is -1.29. The van der Waals surface area contributed by atoms with E-state index in [4.69, 9.17) is 4.74 Å². The van der Waals surface area contributed by atoms with Crippen LogP contribution in [-0.4, -0.2) is 22.0 Å². The molecule has 0 N–H and O–H groups in total. The molecule has 0 radical (unpaired) electrons. The molecule has 0 amide bonds. The molecule has 0 aromatic carbocycles. The van der Waals surface area contributed by atoms with Gasteiger partial charge in [0.15, 0.2) is 0 Å². The number of esters is 1. The fourth-order valence-corrected chi connectivity index (χ4v) is 2.63. The molecule has 1 rings (SSSR count). The van der Waals surface area contributed by atoms with Crippen molar-refractivity contribution in [3.05, 3.63) is 9.39 Å². The van der Waals surface area contributed by atoms with Crippen molar-refractivity contribution in [1.29, 1.82) is 0 Å². The summed E-state index contributed by atoms with van der Waals surface area (Å²) in [6.45, 7) is 3.49. The minimum absolute atomic E-state index is 0.236. The van der Waals surface area contributed by atoms with E-state index in [-0.39, 0.29) is 4.91 Å². The molecule has 3 nitrogen and oxygen atoms in total. The van der Waals surface area contributed by atoms with E-state index in [1.807, 2.05) is 0 Å². The Bertz CT molecular complexity index is 293. The largest absolute Gasteiger partial charge is 0.450 e. The van der Waals surface area contributed by atoms with Gasteiger partial charge < -0.3 is 4.74 Å². The third kappa shape index (κ3) is 1.47. The summed E-state index contributed by atoms with van der Waals surface area (Å²) in [5.41, 5.74) is -0.669. The third-order valence-corrected chi connectivity index (χ3v) is 4.11. The predicted octanol–water partition coefficient (Wildman–Crippen LogP) is 1.31. The Kier molecular flexibility index (Phi) is 2.45. The number of carbonyl (C=O) groups excluding carboxylic acids is 1. The molecule has 1 heterocycles. The van der Waals surface area contributed by atoms with Gasteiger partial charge in [0.25, 0.3) is 0 Å². The highest BCUT2D eigenvalue weighted by atomic mass is 79.9. The van der Waals surface area contributed by atoms with Crippen LogP contribution in [0.15, 0.2) is 9.39 Å². The van der Waals surface area contributed by atoms with Crippen molar-refractivity contribution in [3.8, 4) is 0 Å². The number of ether oxygens (including phenoxy) is 1. The molecule has 5 heteroatoms. The molecule has 0 spiro atoms. The first-order chi connectivity index (χ1) is 5.36. The lowest BCUT2D eigenvalue weighted by Crippen LogP contribution is -2.20. The van der Waals surface area contributed by atoms with Crippen LogP contribution >= 0.6 is 15.9 Å². The second kappa shape index (κ2) is 2.96. The normalized spacial score (nSPS) is 24.2. The van der Waals surface area contributed by atoms with E-state index >= 15 is 0 Å². The molecule has 0 aromatic heterocycles. The van der Waals surface area contributed by atoms with E-state index in [2.05, 4.69) is 15.9 Å². The number of hydrogen-bond acceptors (Lipinski definition) is 3. The van der Waals surface area contributed by atoms with E-state index in [1.165, 1.54) is 6.26 Å². The van der Waals surface area contributed by atoms with Crippen LogP contribution in [-0.2, 0) is 20.3 Å². The summed E-state index contributed by atoms with van der Waals surface area (Å²) in [6.07, 6.45) is 1.46. The van der Waals surface area contributed by atoms with E-state index in [1.54, 1.807) is 13.8 Å². The SMILES string of the molecule is CS(=O)C1=C(Br)C(C)(C)OC1=O. The lowest BCUT2D eigenvalue weighted by molar-refractivity contribution is -0.143. The van der Waals surface area contributed by atoms with Crippen LogP contribution in [0.1, 0.15) is 13.8 Å². The van der Waals surface area contributed by atoms with Crippen molar-refractivity contribution in [2.75, 3.05) is 6.26 Å². The lowest BCUT2D eigenvalue weighted by Gasteiger charge is -2.16. The second-order valence-electron chi connectivity index (χ2n) is 3.00. The van der Waals surface area contributed by atoms with Gasteiger partial charge in [0.2, 0.25) is 0 Å². The third-order valence-electron chi connectivity index (χ3n) is 1.55. The summed E-state index contributed by atoms with van der Waals surface area (Å²) in [5, 5.41) is 0. The molecular formula is C7H9BrO3S. The Hall–Kier alpha value is -0.160. The van der Waals surface area contributed by atoms with Gasteiger partial charge in [-0.1, -0.05) is 0 Å². The zero-order valence-corrected chi connectivity index (χ0v) is 9.41. The van der Waals surface area contributed by atoms with Crippen molar-refractivity contribution in [2.45, 2.75) is 19.4 Å². The molecular weight excluding hydrogens is 244 g/mol. The van der Waals surface area contributed by atoms with Gasteiger partial charge in [0.1, 0.15) is 10.5 Å². The van der Waals surface area contributed by atoms with E-state index in [9.17, 15) is 9.00 Å². The molecule has 0 fully saturated rings. The summed E-state index contributed by atoms with van der Waals surface area (Å²) >= 11 is 3.21.